The van der Waals surface area contributed by atoms with Gasteiger partial charge in [-0.15, -0.1) is 0 Å². The molecule has 106 valence electrons. The lowest BCUT2D eigenvalue weighted by molar-refractivity contribution is 0.479. The van der Waals surface area contributed by atoms with Gasteiger partial charge in [0.15, 0.2) is 11.6 Å². The predicted molar refractivity (Wildman–Crippen MR) is 76.1 cm³/mol. The van der Waals surface area contributed by atoms with Crippen molar-refractivity contribution >= 4 is 17.3 Å². The SMILES string of the molecule is Cc1ccc(C(NN)c2ccc(Cl)cc2N)c(F)c1F. The highest BCUT2D eigenvalue weighted by Gasteiger charge is 2.22. The molecule has 0 spiro atoms. The fraction of sp³-hybridized carbons (Fsp3) is 0.143. The molecule has 0 aliphatic carbocycles. The fourth-order valence-electron chi connectivity index (χ4n) is 2.04. The van der Waals surface area contributed by atoms with E-state index in [0.29, 0.717) is 16.3 Å². The summed E-state index contributed by atoms with van der Waals surface area (Å²) in [7, 11) is 0. The van der Waals surface area contributed by atoms with Gasteiger partial charge in [0.2, 0.25) is 0 Å². The van der Waals surface area contributed by atoms with Gasteiger partial charge in [-0.3, -0.25) is 5.84 Å². The van der Waals surface area contributed by atoms with Crippen LogP contribution in [0.1, 0.15) is 22.7 Å². The van der Waals surface area contributed by atoms with Gasteiger partial charge in [-0.05, 0) is 30.2 Å². The molecule has 0 saturated carbocycles. The van der Waals surface area contributed by atoms with E-state index in [9.17, 15) is 8.78 Å². The van der Waals surface area contributed by atoms with Crippen molar-refractivity contribution in [3.8, 4) is 0 Å². The summed E-state index contributed by atoms with van der Waals surface area (Å²) in [5, 5.41) is 0.456. The highest BCUT2D eigenvalue weighted by molar-refractivity contribution is 6.30. The molecule has 0 aliphatic rings. The topological polar surface area (TPSA) is 64.1 Å². The summed E-state index contributed by atoms with van der Waals surface area (Å²) in [6, 6.07) is 6.97. The Morgan fingerprint density at radius 1 is 1.10 bits per heavy atom. The van der Waals surface area contributed by atoms with Crippen LogP contribution >= 0.6 is 11.6 Å². The first-order valence-electron chi connectivity index (χ1n) is 5.91. The van der Waals surface area contributed by atoms with E-state index in [0.717, 1.165) is 0 Å². The molecule has 0 saturated heterocycles. The van der Waals surface area contributed by atoms with E-state index in [1.807, 2.05) is 0 Å². The lowest BCUT2D eigenvalue weighted by Gasteiger charge is -2.20. The summed E-state index contributed by atoms with van der Waals surface area (Å²) in [5.41, 5.74) is 9.50. The number of hydrogen-bond donors (Lipinski definition) is 3. The number of hydrazine groups is 1. The van der Waals surface area contributed by atoms with Crippen LogP contribution in [0.4, 0.5) is 14.5 Å². The minimum atomic E-state index is -0.942. The molecule has 2 aromatic carbocycles. The van der Waals surface area contributed by atoms with Crippen molar-refractivity contribution in [3.63, 3.8) is 0 Å². The smallest absolute Gasteiger partial charge is 0.164 e. The second-order valence-electron chi connectivity index (χ2n) is 4.47. The van der Waals surface area contributed by atoms with E-state index in [1.54, 1.807) is 12.1 Å². The van der Waals surface area contributed by atoms with Crippen molar-refractivity contribution in [1.82, 2.24) is 5.43 Å². The average molecular weight is 298 g/mol. The number of rotatable bonds is 3. The number of nitrogens with two attached hydrogens (primary N) is 2. The van der Waals surface area contributed by atoms with E-state index >= 15 is 0 Å². The lowest BCUT2D eigenvalue weighted by atomic mass is 9.96. The highest BCUT2D eigenvalue weighted by atomic mass is 35.5. The maximum atomic E-state index is 14.1. The van der Waals surface area contributed by atoms with Crippen LogP contribution in [0.15, 0.2) is 30.3 Å². The Bertz CT molecular complexity index is 647. The van der Waals surface area contributed by atoms with E-state index in [4.69, 9.17) is 23.2 Å². The number of hydrogen-bond acceptors (Lipinski definition) is 3. The Labute approximate surface area is 120 Å². The van der Waals surface area contributed by atoms with Gasteiger partial charge < -0.3 is 5.73 Å². The quantitative estimate of drug-likeness (QED) is 0.463. The van der Waals surface area contributed by atoms with E-state index < -0.39 is 17.7 Å². The van der Waals surface area contributed by atoms with Crippen LogP contribution in [0, 0.1) is 18.6 Å². The number of halogens is 3. The number of nitrogen functional groups attached to an aromatic ring is 1. The van der Waals surface area contributed by atoms with Crippen molar-refractivity contribution in [1.29, 1.82) is 0 Å². The summed E-state index contributed by atoms with van der Waals surface area (Å²) >= 11 is 5.82. The van der Waals surface area contributed by atoms with Crippen molar-refractivity contribution < 1.29 is 8.78 Å². The summed E-state index contributed by atoms with van der Waals surface area (Å²) in [5.74, 6) is 3.64. The minimum absolute atomic E-state index is 0.0876. The van der Waals surface area contributed by atoms with Crippen molar-refractivity contribution in [2.75, 3.05) is 5.73 Å². The second-order valence-corrected chi connectivity index (χ2v) is 4.91. The molecule has 0 fully saturated rings. The van der Waals surface area contributed by atoms with Crippen LogP contribution in [0.2, 0.25) is 5.02 Å². The van der Waals surface area contributed by atoms with Gasteiger partial charge >= 0.3 is 0 Å². The Morgan fingerprint density at radius 2 is 1.75 bits per heavy atom. The predicted octanol–water partition coefficient (Wildman–Crippen LogP) is 3.06. The normalized spacial score (nSPS) is 12.4. The van der Waals surface area contributed by atoms with E-state index in [1.165, 1.54) is 25.1 Å². The van der Waals surface area contributed by atoms with Crippen LogP contribution in [-0.2, 0) is 0 Å². The first-order chi connectivity index (χ1) is 9.45. The highest BCUT2D eigenvalue weighted by Crippen LogP contribution is 2.31. The fourth-order valence-corrected chi connectivity index (χ4v) is 2.22. The van der Waals surface area contributed by atoms with Gasteiger partial charge in [-0.2, -0.15) is 0 Å². The van der Waals surface area contributed by atoms with Gasteiger partial charge in [-0.25, -0.2) is 14.2 Å². The second kappa shape index (κ2) is 5.75. The van der Waals surface area contributed by atoms with E-state index in [-0.39, 0.29) is 11.1 Å². The molecule has 1 unspecified atom stereocenters. The van der Waals surface area contributed by atoms with Gasteiger partial charge in [0, 0.05) is 16.3 Å². The first kappa shape index (κ1) is 14.7. The Hall–Kier alpha value is -1.69. The molecule has 2 aromatic rings. The van der Waals surface area contributed by atoms with Crippen LogP contribution < -0.4 is 17.0 Å². The van der Waals surface area contributed by atoms with Crippen LogP contribution in [0.25, 0.3) is 0 Å². The van der Waals surface area contributed by atoms with Crippen molar-refractivity contribution in [2.24, 2.45) is 5.84 Å². The number of benzene rings is 2. The number of aryl methyl sites for hydroxylation is 1. The molecular formula is C14H14ClF2N3. The molecule has 0 aliphatic heterocycles. The molecule has 1 atom stereocenters. The maximum absolute atomic E-state index is 14.1. The zero-order chi connectivity index (χ0) is 14.9. The molecule has 0 radical (unpaired) electrons. The monoisotopic (exact) mass is 297 g/mol. The number of anilines is 1. The minimum Gasteiger partial charge on any atom is -0.398 e. The molecule has 0 bridgehead atoms. The lowest BCUT2D eigenvalue weighted by Crippen LogP contribution is -2.30. The van der Waals surface area contributed by atoms with E-state index in [2.05, 4.69) is 5.43 Å². The summed E-state index contributed by atoms with van der Waals surface area (Å²) in [4.78, 5) is 0. The Balaban J connectivity index is 2.55. The first-order valence-corrected chi connectivity index (χ1v) is 6.29. The molecule has 5 N–H and O–H groups in total. The molecule has 2 rings (SSSR count). The van der Waals surface area contributed by atoms with Gasteiger partial charge in [-0.1, -0.05) is 29.8 Å². The summed E-state index contributed by atoms with van der Waals surface area (Å²) in [6.07, 6.45) is 0. The van der Waals surface area contributed by atoms with Crippen LogP contribution in [0.5, 0.6) is 0 Å². The third-order valence-electron chi connectivity index (χ3n) is 3.14. The van der Waals surface area contributed by atoms with Gasteiger partial charge in [0.25, 0.3) is 0 Å². The number of nitrogens with one attached hydrogen (secondary N) is 1. The van der Waals surface area contributed by atoms with Crippen molar-refractivity contribution in [3.05, 3.63) is 63.7 Å². The molecule has 6 heteroatoms. The average Bonchev–Trinajstić information content (AvgIpc) is 2.41. The Kier molecular flexibility index (Phi) is 4.23. The molecule has 3 nitrogen and oxygen atoms in total. The largest absolute Gasteiger partial charge is 0.398 e. The molecule has 20 heavy (non-hydrogen) atoms. The molecular weight excluding hydrogens is 284 g/mol. The maximum Gasteiger partial charge on any atom is 0.164 e. The summed E-state index contributed by atoms with van der Waals surface area (Å²) < 4.78 is 27.7. The van der Waals surface area contributed by atoms with Crippen molar-refractivity contribution in [2.45, 2.75) is 13.0 Å². The zero-order valence-electron chi connectivity index (χ0n) is 10.8. The molecule has 0 aromatic heterocycles. The van der Waals surface area contributed by atoms with Crippen LogP contribution in [0.3, 0.4) is 0 Å². The van der Waals surface area contributed by atoms with Crippen LogP contribution in [-0.4, -0.2) is 0 Å². The third-order valence-corrected chi connectivity index (χ3v) is 3.38. The molecule has 0 amide bonds. The zero-order valence-corrected chi connectivity index (χ0v) is 11.5. The standard InChI is InChI=1S/C14H14ClF2N3/c1-7-2-4-10(13(17)12(7)16)14(20-19)9-5-3-8(15)6-11(9)18/h2-6,14,20H,18-19H2,1H3. The van der Waals surface area contributed by atoms with Gasteiger partial charge in [0.1, 0.15) is 0 Å². The summed E-state index contributed by atoms with van der Waals surface area (Å²) in [6.45, 7) is 1.49. The molecule has 0 heterocycles. The van der Waals surface area contributed by atoms with Gasteiger partial charge in [0.05, 0.1) is 6.04 Å². The third kappa shape index (κ3) is 2.60. The Morgan fingerprint density at radius 3 is 2.35 bits per heavy atom.